The summed E-state index contributed by atoms with van der Waals surface area (Å²) in [5, 5.41) is 6.26. The van der Waals surface area contributed by atoms with Crippen molar-refractivity contribution < 1.29 is 4.39 Å². The lowest BCUT2D eigenvalue weighted by Crippen LogP contribution is -1.99. The molecular weight excluding hydrogens is 291 g/mol. The number of halogens is 2. The van der Waals surface area contributed by atoms with E-state index >= 15 is 0 Å². The summed E-state index contributed by atoms with van der Waals surface area (Å²) in [6.07, 6.45) is 0. The predicted octanol–water partition coefficient (Wildman–Crippen LogP) is 3.97. The summed E-state index contributed by atoms with van der Waals surface area (Å²) in [6.45, 7) is 2.63. The van der Waals surface area contributed by atoms with Crippen molar-refractivity contribution in [3.63, 3.8) is 0 Å². The van der Waals surface area contributed by atoms with Crippen LogP contribution in [0.3, 0.4) is 0 Å². The van der Waals surface area contributed by atoms with Gasteiger partial charge in [0.25, 0.3) is 0 Å². The van der Waals surface area contributed by atoms with Gasteiger partial charge in [0.2, 0.25) is 0 Å². The lowest BCUT2D eigenvalue weighted by atomic mass is 10.3. The van der Waals surface area contributed by atoms with Crippen LogP contribution in [0.2, 0.25) is 0 Å². The SMILES string of the molecule is Cc1nc(CNc2ccc(F)c(Br)c2)cs1. The van der Waals surface area contributed by atoms with Crippen LogP contribution in [0.15, 0.2) is 28.1 Å². The molecule has 0 amide bonds. The molecule has 0 bridgehead atoms. The fraction of sp³-hybridized carbons (Fsp3) is 0.182. The van der Waals surface area contributed by atoms with Crippen molar-refractivity contribution in [3.8, 4) is 0 Å². The number of hydrogen-bond acceptors (Lipinski definition) is 3. The number of nitrogens with zero attached hydrogens (tertiary/aromatic N) is 1. The molecule has 0 spiro atoms. The number of rotatable bonds is 3. The summed E-state index contributed by atoms with van der Waals surface area (Å²) in [5.74, 6) is -0.255. The van der Waals surface area contributed by atoms with Gasteiger partial charge < -0.3 is 5.32 Å². The normalized spacial score (nSPS) is 10.4. The molecule has 1 heterocycles. The first-order valence-electron chi connectivity index (χ1n) is 4.75. The van der Waals surface area contributed by atoms with E-state index in [1.165, 1.54) is 6.07 Å². The third-order valence-corrected chi connectivity index (χ3v) is 3.49. The molecule has 0 aliphatic rings. The van der Waals surface area contributed by atoms with Gasteiger partial charge in [-0.1, -0.05) is 0 Å². The van der Waals surface area contributed by atoms with Crippen LogP contribution in [-0.4, -0.2) is 4.98 Å². The topological polar surface area (TPSA) is 24.9 Å². The van der Waals surface area contributed by atoms with E-state index in [1.807, 2.05) is 12.3 Å². The van der Waals surface area contributed by atoms with Crippen molar-refractivity contribution in [1.29, 1.82) is 0 Å². The van der Waals surface area contributed by atoms with Crippen LogP contribution < -0.4 is 5.32 Å². The number of benzene rings is 1. The van der Waals surface area contributed by atoms with Gasteiger partial charge in [-0.15, -0.1) is 11.3 Å². The van der Waals surface area contributed by atoms with Crippen LogP contribution in [-0.2, 0) is 6.54 Å². The highest BCUT2D eigenvalue weighted by Gasteiger charge is 2.01. The minimum absolute atomic E-state index is 0.255. The van der Waals surface area contributed by atoms with E-state index in [0.717, 1.165) is 16.4 Å². The van der Waals surface area contributed by atoms with Crippen molar-refractivity contribution >= 4 is 33.0 Å². The van der Waals surface area contributed by atoms with Crippen LogP contribution in [0.4, 0.5) is 10.1 Å². The highest BCUT2D eigenvalue weighted by atomic mass is 79.9. The van der Waals surface area contributed by atoms with Crippen LogP contribution in [0.25, 0.3) is 0 Å². The zero-order valence-electron chi connectivity index (χ0n) is 8.63. The Bertz CT molecular complexity index is 498. The van der Waals surface area contributed by atoms with Crippen LogP contribution in [0.1, 0.15) is 10.7 Å². The standard InChI is InChI=1S/C11H10BrFN2S/c1-7-15-9(6-16-7)5-14-8-2-3-11(13)10(12)4-8/h2-4,6,14H,5H2,1H3. The molecule has 1 aromatic heterocycles. The van der Waals surface area contributed by atoms with Gasteiger partial charge in [0.1, 0.15) is 5.82 Å². The summed E-state index contributed by atoms with van der Waals surface area (Å²) < 4.78 is 13.4. The fourth-order valence-electron chi connectivity index (χ4n) is 1.29. The van der Waals surface area contributed by atoms with Gasteiger partial charge in [0.15, 0.2) is 0 Å². The minimum atomic E-state index is -0.255. The second kappa shape index (κ2) is 4.93. The Labute approximate surface area is 106 Å². The van der Waals surface area contributed by atoms with E-state index < -0.39 is 0 Å². The van der Waals surface area contributed by atoms with Crippen molar-refractivity contribution in [2.75, 3.05) is 5.32 Å². The molecule has 2 aromatic rings. The molecule has 0 atom stereocenters. The third kappa shape index (κ3) is 2.80. The molecule has 16 heavy (non-hydrogen) atoms. The van der Waals surface area contributed by atoms with Gasteiger partial charge in [-0.3, -0.25) is 0 Å². The Balaban J connectivity index is 2.02. The lowest BCUT2D eigenvalue weighted by Gasteiger charge is -2.05. The lowest BCUT2D eigenvalue weighted by molar-refractivity contribution is 0.621. The van der Waals surface area contributed by atoms with Crippen molar-refractivity contribution in [1.82, 2.24) is 4.98 Å². The zero-order chi connectivity index (χ0) is 11.5. The van der Waals surface area contributed by atoms with E-state index in [-0.39, 0.29) is 5.82 Å². The predicted molar refractivity (Wildman–Crippen MR) is 68.3 cm³/mol. The summed E-state index contributed by atoms with van der Waals surface area (Å²) in [5.41, 5.74) is 1.88. The minimum Gasteiger partial charge on any atom is -0.379 e. The van der Waals surface area contributed by atoms with Gasteiger partial charge in [-0.05, 0) is 41.1 Å². The first-order chi connectivity index (χ1) is 7.65. The van der Waals surface area contributed by atoms with E-state index in [0.29, 0.717) is 11.0 Å². The molecule has 0 unspecified atom stereocenters. The summed E-state index contributed by atoms with van der Waals surface area (Å²) in [6, 6.07) is 4.85. The number of thiazole rings is 1. The first kappa shape index (κ1) is 11.5. The van der Waals surface area contributed by atoms with Crippen molar-refractivity contribution in [2.24, 2.45) is 0 Å². The molecule has 5 heteroatoms. The van der Waals surface area contributed by atoms with E-state index in [2.05, 4.69) is 26.2 Å². The average Bonchev–Trinajstić information content (AvgIpc) is 2.66. The summed E-state index contributed by atoms with van der Waals surface area (Å²) in [4.78, 5) is 4.34. The number of aromatic nitrogens is 1. The monoisotopic (exact) mass is 300 g/mol. The van der Waals surface area contributed by atoms with E-state index in [4.69, 9.17) is 0 Å². The molecule has 0 fully saturated rings. The molecule has 84 valence electrons. The Morgan fingerprint density at radius 1 is 1.50 bits per heavy atom. The molecule has 0 radical (unpaired) electrons. The number of hydrogen-bond donors (Lipinski definition) is 1. The summed E-state index contributed by atoms with van der Waals surface area (Å²) in [7, 11) is 0. The van der Waals surface area contributed by atoms with Crippen molar-refractivity contribution in [3.05, 3.63) is 44.6 Å². The molecule has 0 aliphatic heterocycles. The van der Waals surface area contributed by atoms with Crippen LogP contribution >= 0.6 is 27.3 Å². The maximum Gasteiger partial charge on any atom is 0.137 e. The smallest absolute Gasteiger partial charge is 0.137 e. The van der Waals surface area contributed by atoms with Crippen LogP contribution in [0.5, 0.6) is 0 Å². The Kier molecular flexibility index (Phi) is 3.56. The maximum absolute atomic E-state index is 13.0. The molecule has 0 saturated carbocycles. The number of anilines is 1. The van der Waals surface area contributed by atoms with Crippen molar-refractivity contribution in [2.45, 2.75) is 13.5 Å². The molecule has 2 rings (SSSR count). The van der Waals surface area contributed by atoms with E-state index in [1.54, 1.807) is 23.5 Å². The third-order valence-electron chi connectivity index (χ3n) is 2.06. The molecular formula is C11H10BrFN2S. The van der Waals surface area contributed by atoms with Gasteiger partial charge in [0, 0.05) is 11.1 Å². The largest absolute Gasteiger partial charge is 0.379 e. The van der Waals surface area contributed by atoms with Gasteiger partial charge in [-0.25, -0.2) is 9.37 Å². The zero-order valence-corrected chi connectivity index (χ0v) is 11.0. The second-order valence-corrected chi connectivity index (χ2v) is 5.26. The van der Waals surface area contributed by atoms with Crippen LogP contribution in [0, 0.1) is 12.7 Å². The summed E-state index contributed by atoms with van der Waals surface area (Å²) >= 11 is 4.77. The highest BCUT2D eigenvalue weighted by Crippen LogP contribution is 2.20. The van der Waals surface area contributed by atoms with Gasteiger partial charge in [-0.2, -0.15) is 0 Å². The maximum atomic E-state index is 13.0. The molecule has 1 aromatic carbocycles. The molecule has 0 saturated heterocycles. The average molecular weight is 301 g/mol. The fourth-order valence-corrected chi connectivity index (χ4v) is 2.28. The molecule has 1 N–H and O–H groups in total. The van der Waals surface area contributed by atoms with E-state index in [9.17, 15) is 4.39 Å². The Hall–Kier alpha value is -0.940. The molecule has 0 aliphatic carbocycles. The highest BCUT2D eigenvalue weighted by molar-refractivity contribution is 9.10. The van der Waals surface area contributed by atoms with Gasteiger partial charge >= 0.3 is 0 Å². The van der Waals surface area contributed by atoms with Gasteiger partial charge in [0.05, 0.1) is 21.7 Å². The number of nitrogens with one attached hydrogen (secondary N) is 1. The second-order valence-electron chi connectivity index (χ2n) is 3.34. The quantitative estimate of drug-likeness (QED) is 0.928. The molecule has 2 nitrogen and oxygen atoms in total. The first-order valence-corrected chi connectivity index (χ1v) is 6.42. The Morgan fingerprint density at radius 3 is 2.94 bits per heavy atom. The Morgan fingerprint density at radius 2 is 2.31 bits per heavy atom. The number of aryl methyl sites for hydroxylation is 1.